The van der Waals surface area contributed by atoms with Gasteiger partial charge in [-0.05, 0) is 18.2 Å². The molecule has 0 spiro atoms. The van der Waals surface area contributed by atoms with Crippen LogP contribution in [-0.4, -0.2) is 24.4 Å². The molecule has 1 aromatic carbocycles. The third-order valence-electron chi connectivity index (χ3n) is 2.04. The fourth-order valence-corrected chi connectivity index (χ4v) is 1.53. The normalized spacial score (nSPS) is 10.2. The largest absolute Gasteiger partial charge is 0.497 e. The molecule has 1 aromatic heterocycles. The molecule has 0 aliphatic heterocycles. The molecule has 0 saturated carbocycles. The zero-order chi connectivity index (χ0) is 11.5. The van der Waals surface area contributed by atoms with E-state index in [-0.39, 0.29) is 0 Å². The molecular formula is C10H9BrN2O3. The van der Waals surface area contributed by atoms with Gasteiger partial charge in [0.1, 0.15) is 11.5 Å². The second-order valence-corrected chi connectivity index (χ2v) is 3.60. The van der Waals surface area contributed by atoms with Crippen LogP contribution in [0.2, 0.25) is 0 Å². The van der Waals surface area contributed by atoms with E-state index in [0.29, 0.717) is 27.8 Å². The number of hydrogen-bond donors (Lipinski definition) is 0. The van der Waals surface area contributed by atoms with Gasteiger partial charge in [0.25, 0.3) is 10.7 Å². The Labute approximate surface area is 101 Å². The van der Waals surface area contributed by atoms with E-state index in [1.165, 1.54) is 0 Å². The quantitative estimate of drug-likeness (QED) is 0.867. The summed E-state index contributed by atoms with van der Waals surface area (Å²) in [4.78, 5) is 0.326. The average Bonchev–Trinajstić information content (AvgIpc) is 2.75. The smallest absolute Gasteiger partial charge is 0.285 e. The third kappa shape index (κ3) is 2.01. The van der Waals surface area contributed by atoms with Crippen molar-refractivity contribution in [3.05, 3.63) is 23.0 Å². The zero-order valence-electron chi connectivity index (χ0n) is 8.73. The minimum absolute atomic E-state index is 0.326. The first-order valence-corrected chi connectivity index (χ1v) is 5.25. The molecule has 0 aliphatic rings. The number of halogens is 1. The lowest BCUT2D eigenvalue weighted by Crippen LogP contribution is -1.90. The second kappa shape index (κ2) is 4.52. The fraction of sp³-hybridized carbons (Fsp3) is 0.200. The van der Waals surface area contributed by atoms with E-state index in [9.17, 15) is 0 Å². The number of methoxy groups -OCH3 is 2. The van der Waals surface area contributed by atoms with E-state index in [1.54, 1.807) is 32.4 Å². The Morgan fingerprint density at radius 2 is 2.00 bits per heavy atom. The van der Waals surface area contributed by atoms with Crippen LogP contribution in [0.25, 0.3) is 11.5 Å². The lowest BCUT2D eigenvalue weighted by atomic mass is 10.2. The van der Waals surface area contributed by atoms with Gasteiger partial charge >= 0.3 is 0 Å². The Balaban J connectivity index is 2.52. The molecule has 5 nitrogen and oxygen atoms in total. The monoisotopic (exact) mass is 284 g/mol. The summed E-state index contributed by atoms with van der Waals surface area (Å²) in [5.41, 5.74) is 0.694. The molecule has 0 atom stereocenters. The molecule has 0 bridgehead atoms. The van der Waals surface area contributed by atoms with E-state index in [4.69, 9.17) is 13.9 Å². The molecule has 0 aliphatic carbocycles. The molecular weight excluding hydrogens is 276 g/mol. The Hall–Kier alpha value is -1.56. The summed E-state index contributed by atoms with van der Waals surface area (Å²) >= 11 is 3.10. The van der Waals surface area contributed by atoms with Crippen LogP contribution < -0.4 is 9.47 Å². The number of benzene rings is 1. The predicted molar refractivity (Wildman–Crippen MR) is 60.5 cm³/mol. The van der Waals surface area contributed by atoms with Gasteiger partial charge in [-0.2, -0.15) is 0 Å². The lowest BCUT2D eigenvalue weighted by molar-refractivity contribution is 0.402. The molecule has 0 saturated heterocycles. The van der Waals surface area contributed by atoms with Crippen molar-refractivity contribution in [3.8, 4) is 23.0 Å². The first-order chi connectivity index (χ1) is 7.74. The maximum absolute atomic E-state index is 5.27. The van der Waals surface area contributed by atoms with Gasteiger partial charge in [-0.1, -0.05) is 0 Å². The fourth-order valence-electron chi connectivity index (χ4n) is 1.30. The molecule has 1 heterocycles. The second-order valence-electron chi connectivity index (χ2n) is 2.93. The highest BCUT2D eigenvalue weighted by molar-refractivity contribution is 9.10. The molecule has 0 unspecified atom stereocenters. The van der Waals surface area contributed by atoms with Gasteiger partial charge in [0, 0.05) is 15.9 Å². The van der Waals surface area contributed by atoms with Gasteiger partial charge < -0.3 is 13.9 Å². The molecule has 2 rings (SSSR count). The van der Waals surface area contributed by atoms with Gasteiger partial charge in [0.2, 0.25) is 0 Å². The van der Waals surface area contributed by atoms with Crippen molar-refractivity contribution >= 4 is 15.9 Å². The first kappa shape index (κ1) is 10.9. The van der Waals surface area contributed by atoms with Gasteiger partial charge in [-0.15, -0.1) is 10.2 Å². The van der Waals surface area contributed by atoms with Gasteiger partial charge in [0.05, 0.1) is 19.8 Å². The molecule has 6 heteroatoms. The SMILES string of the molecule is COc1ccc(OC)c(-c2nnc(Br)o2)c1. The summed E-state index contributed by atoms with van der Waals surface area (Å²) < 4.78 is 15.6. The van der Waals surface area contributed by atoms with Gasteiger partial charge in [-0.25, -0.2) is 0 Å². The summed E-state index contributed by atoms with van der Waals surface area (Å²) in [6.45, 7) is 0. The summed E-state index contributed by atoms with van der Waals surface area (Å²) in [6.07, 6.45) is 0. The highest BCUT2D eigenvalue weighted by Crippen LogP contribution is 2.32. The number of rotatable bonds is 3. The van der Waals surface area contributed by atoms with Crippen LogP contribution in [-0.2, 0) is 0 Å². The molecule has 84 valence electrons. The van der Waals surface area contributed by atoms with E-state index >= 15 is 0 Å². The zero-order valence-corrected chi connectivity index (χ0v) is 10.3. The highest BCUT2D eigenvalue weighted by Gasteiger charge is 2.13. The van der Waals surface area contributed by atoms with Crippen molar-refractivity contribution in [1.82, 2.24) is 10.2 Å². The Kier molecular flexibility index (Phi) is 3.09. The maximum atomic E-state index is 5.27. The van der Waals surface area contributed by atoms with Crippen LogP contribution >= 0.6 is 15.9 Å². The number of nitrogens with zero attached hydrogens (tertiary/aromatic N) is 2. The summed E-state index contributed by atoms with van der Waals surface area (Å²) in [6, 6.07) is 5.36. The van der Waals surface area contributed by atoms with Crippen LogP contribution in [0.3, 0.4) is 0 Å². The van der Waals surface area contributed by atoms with Crippen LogP contribution in [0.15, 0.2) is 27.4 Å². The molecule has 0 radical (unpaired) electrons. The first-order valence-electron chi connectivity index (χ1n) is 4.46. The molecule has 0 amide bonds. The third-order valence-corrected chi connectivity index (χ3v) is 2.36. The highest BCUT2D eigenvalue weighted by atomic mass is 79.9. The van der Waals surface area contributed by atoms with Crippen molar-refractivity contribution in [2.75, 3.05) is 14.2 Å². The van der Waals surface area contributed by atoms with Crippen molar-refractivity contribution in [2.24, 2.45) is 0 Å². The van der Waals surface area contributed by atoms with Crippen molar-refractivity contribution in [3.63, 3.8) is 0 Å². The van der Waals surface area contributed by atoms with Crippen LogP contribution in [0.1, 0.15) is 0 Å². The van der Waals surface area contributed by atoms with Gasteiger partial charge in [-0.3, -0.25) is 0 Å². The van der Waals surface area contributed by atoms with E-state index < -0.39 is 0 Å². The van der Waals surface area contributed by atoms with Crippen LogP contribution in [0.4, 0.5) is 0 Å². The maximum Gasteiger partial charge on any atom is 0.285 e. The Bertz CT molecular complexity index is 499. The van der Waals surface area contributed by atoms with E-state index in [0.717, 1.165) is 0 Å². The van der Waals surface area contributed by atoms with Gasteiger partial charge in [0.15, 0.2) is 0 Å². The molecule has 0 N–H and O–H groups in total. The number of ether oxygens (including phenoxy) is 2. The lowest BCUT2D eigenvalue weighted by Gasteiger charge is -2.06. The molecule has 0 fully saturated rings. The summed E-state index contributed by atoms with van der Waals surface area (Å²) in [5.74, 6) is 1.73. The number of hydrogen-bond acceptors (Lipinski definition) is 5. The Morgan fingerprint density at radius 3 is 2.56 bits per heavy atom. The summed E-state index contributed by atoms with van der Waals surface area (Å²) in [5, 5.41) is 7.60. The Morgan fingerprint density at radius 1 is 1.19 bits per heavy atom. The molecule has 16 heavy (non-hydrogen) atoms. The number of aromatic nitrogens is 2. The van der Waals surface area contributed by atoms with Crippen LogP contribution in [0.5, 0.6) is 11.5 Å². The van der Waals surface area contributed by atoms with Crippen molar-refractivity contribution < 1.29 is 13.9 Å². The van der Waals surface area contributed by atoms with E-state index in [1.807, 2.05) is 0 Å². The minimum atomic E-state index is 0.326. The van der Waals surface area contributed by atoms with E-state index in [2.05, 4.69) is 26.1 Å². The standard InChI is InChI=1S/C10H9BrN2O3/c1-14-6-3-4-8(15-2)7(5-6)9-12-13-10(11)16-9/h3-5H,1-2H3. The topological polar surface area (TPSA) is 57.4 Å². The van der Waals surface area contributed by atoms with Crippen LogP contribution in [0, 0.1) is 0 Å². The minimum Gasteiger partial charge on any atom is -0.497 e. The molecule has 2 aromatic rings. The van der Waals surface area contributed by atoms with Crippen molar-refractivity contribution in [2.45, 2.75) is 0 Å². The summed E-state index contributed by atoms with van der Waals surface area (Å²) in [7, 11) is 3.17. The predicted octanol–water partition coefficient (Wildman–Crippen LogP) is 2.52. The van der Waals surface area contributed by atoms with Crippen molar-refractivity contribution in [1.29, 1.82) is 0 Å². The average molecular weight is 285 g/mol.